The van der Waals surface area contributed by atoms with E-state index in [-0.39, 0.29) is 0 Å². The van der Waals surface area contributed by atoms with E-state index in [0.717, 1.165) is 25.6 Å². The fraction of sp³-hybridized carbons (Fsp3) is 0.727. The number of nitrogens with zero attached hydrogens (tertiary/aromatic N) is 2. The summed E-state index contributed by atoms with van der Waals surface area (Å²) in [5, 5.41) is 7.91. The zero-order chi connectivity index (χ0) is 9.97. The Morgan fingerprint density at radius 2 is 2.29 bits per heavy atom. The number of nitrogens with one attached hydrogen (secondary N) is 1. The maximum absolute atomic E-state index is 4.38. The number of rotatable bonds is 5. The van der Waals surface area contributed by atoms with Crippen LogP contribution in [0.4, 0.5) is 0 Å². The highest BCUT2D eigenvalue weighted by Gasteiger charge is 2.20. The van der Waals surface area contributed by atoms with E-state index in [1.54, 1.807) is 0 Å². The van der Waals surface area contributed by atoms with Crippen LogP contribution in [0.15, 0.2) is 6.20 Å². The van der Waals surface area contributed by atoms with Crippen LogP contribution in [0, 0.1) is 0 Å². The van der Waals surface area contributed by atoms with Crippen LogP contribution < -0.4 is 5.32 Å². The summed E-state index contributed by atoms with van der Waals surface area (Å²) in [5.74, 6) is 0. The quantitative estimate of drug-likeness (QED) is 0.771. The highest BCUT2D eigenvalue weighted by molar-refractivity contribution is 5.17. The third-order valence-electron chi connectivity index (χ3n) is 2.83. The van der Waals surface area contributed by atoms with Crippen molar-refractivity contribution in [3.05, 3.63) is 17.5 Å². The van der Waals surface area contributed by atoms with Gasteiger partial charge in [-0.25, -0.2) is 0 Å². The third kappa shape index (κ3) is 1.98. The van der Waals surface area contributed by atoms with Crippen molar-refractivity contribution in [2.24, 2.45) is 0 Å². The Labute approximate surface area is 85.5 Å². The first-order valence-electron chi connectivity index (χ1n) is 5.62. The number of aromatic nitrogens is 2. The molecule has 1 N–H and O–H groups in total. The van der Waals surface area contributed by atoms with Crippen molar-refractivity contribution in [2.75, 3.05) is 0 Å². The molecule has 1 fully saturated rings. The lowest BCUT2D eigenvalue weighted by Gasteiger charge is -2.05. The zero-order valence-electron chi connectivity index (χ0n) is 9.08. The standard InChI is InChI=1S/C11H19N3/c1-3-11-9(7-12-10-5-6-10)8-13-14(11)4-2/h8,10,12H,3-7H2,1-2H3. The van der Waals surface area contributed by atoms with Crippen LogP contribution in [0.1, 0.15) is 37.9 Å². The molecule has 1 aromatic heterocycles. The molecule has 0 spiro atoms. The summed E-state index contributed by atoms with van der Waals surface area (Å²) < 4.78 is 2.10. The molecule has 1 saturated carbocycles. The second-order valence-corrected chi connectivity index (χ2v) is 3.94. The minimum absolute atomic E-state index is 0.782. The molecular formula is C11H19N3. The normalized spacial score (nSPS) is 16.1. The minimum Gasteiger partial charge on any atom is -0.310 e. The molecule has 0 atom stereocenters. The average Bonchev–Trinajstić information content (AvgIpc) is 2.95. The van der Waals surface area contributed by atoms with Gasteiger partial charge in [0.05, 0.1) is 6.20 Å². The first kappa shape index (κ1) is 9.71. The summed E-state index contributed by atoms with van der Waals surface area (Å²) in [6.07, 6.45) is 5.79. The molecule has 0 amide bonds. The largest absolute Gasteiger partial charge is 0.310 e. The summed E-state index contributed by atoms with van der Waals surface area (Å²) in [4.78, 5) is 0. The van der Waals surface area contributed by atoms with Gasteiger partial charge in [-0.1, -0.05) is 6.92 Å². The van der Waals surface area contributed by atoms with Crippen LogP contribution in [-0.4, -0.2) is 15.8 Å². The fourth-order valence-electron chi connectivity index (χ4n) is 1.82. The Balaban J connectivity index is 2.02. The summed E-state index contributed by atoms with van der Waals surface area (Å²) >= 11 is 0. The highest BCUT2D eigenvalue weighted by atomic mass is 15.3. The van der Waals surface area contributed by atoms with E-state index in [1.807, 2.05) is 6.20 Å². The van der Waals surface area contributed by atoms with E-state index < -0.39 is 0 Å². The van der Waals surface area contributed by atoms with Crippen molar-refractivity contribution < 1.29 is 0 Å². The molecule has 1 aromatic rings. The van der Waals surface area contributed by atoms with Crippen LogP contribution in [0.25, 0.3) is 0 Å². The van der Waals surface area contributed by atoms with Gasteiger partial charge in [0, 0.05) is 30.4 Å². The molecule has 0 saturated heterocycles. The maximum Gasteiger partial charge on any atom is 0.0537 e. The summed E-state index contributed by atoms with van der Waals surface area (Å²) in [7, 11) is 0. The van der Waals surface area contributed by atoms with E-state index in [0.29, 0.717) is 0 Å². The molecule has 0 aromatic carbocycles. The Morgan fingerprint density at radius 1 is 1.50 bits per heavy atom. The van der Waals surface area contributed by atoms with Crippen molar-refractivity contribution >= 4 is 0 Å². The van der Waals surface area contributed by atoms with Crippen LogP contribution in [0.5, 0.6) is 0 Å². The molecule has 3 nitrogen and oxygen atoms in total. The van der Waals surface area contributed by atoms with Gasteiger partial charge >= 0.3 is 0 Å². The van der Waals surface area contributed by atoms with Gasteiger partial charge in [-0.15, -0.1) is 0 Å². The number of aryl methyl sites for hydroxylation is 1. The van der Waals surface area contributed by atoms with Gasteiger partial charge in [0.1, 0.15) is 0 Å². The lowest BCUT2D eigenvalue weighted by atomic mass is 10.2. The SMILES string of the molecule is CCc1c(CNC2CC2)cnn1CC. The topological polar surface area (TPSA) is 29.9 Å². The monoisotopic (exact) mass is 193 g/mol. The van der Waals surface area contributed by atoms with Crippen molar-refractivity contribution in [2.45, 2.75) is 52.2 Å². The predicted molar refractivity (Wildman–Crippen MR) is 57.1 cm³/mol. The Hall–Kier alpha value is -0.830. The van der Waals surface area contributed by atoms with Crippen molar-refractivity contribution in [3.8, 4) is 0 Å². The predicted octanol–water partition coefficient (Wildman–Crippen LogP) is 1.72. The van der Waals surface area contributed by atoms with Gasteiger partial charge < -0.3 is 5.32 Å². The van der Waals surface area contributed by atoms with Gasteiger partial charge in [0.25, 0.3) is 0 Å². The average molecular weight is 193 g/mol. The van der Waals surface area contributed by atoms with E-state index in [9.17, 15) is 0 Å². The van der Waals surface area contributed by atoms with Crippen molar-refractivity contribution in [1.82, 2.24) is 15.1 Å². The number of hydrogen-bond acceptors (Lipinski definition) is 2. The summed E-state index contributed by atoms with van der Waals surface area (Å²) in [6.45, 7) is 6.31. The van der Waals surface area contributed by atoms with Crippen molar-refractivity contribution in [1.29, 1.82) is 0 Å². The first-order chi connectivity index (χ1) is 6.85. The molecule has 1 aliphatic rings. The van der Waals surface area contributed by atoms with E-state index in [4.69, 9.17) is 0 Å². The molecule has 14 heavy (non-hydrogen) atoms. The minimum atomic E-state index is 0.782. The smallest absolute Gasteiger partial charge is 0.0537 e. The molecule has 1 heterocycles. The van der Waals surface area contributed by atoms with Gasteiger partial charge in [0.2, 0.25) is 0 Å². The Morgan fingerprint density at radius 3 is 2.86 bits per heavy atom. The summed E-state index contributed by atoms with van der Waals surface area (Å²) in [6, 6.07) is 0.782. The second-order valence-electron chi connectivity index (χ2n) is 3.94. The molecule has 1 aliphatic carbocycles. The van der Waals surface area contributed by atoms with Crippen LogP contribution in [0.3, 0.4) is 0 Å². The molecular weight excluding hydrogens is 174 g/mol. The molecule has 2 rings (SSSR count). The van der Waals surface area contributed by atoms with Gasteiger partial charge in [-0.2, -0.15) is 5.10 Å². The van der Waals surface area contributed by atoms with Crippen LogP contribution in [0.2, 0.25) is 0 Å². The molecule has 3 heteroatoms. The van der Waals surface area contributed by atoms with Crippen LogP contribution in [-0.2, 0) is 19.5 Å². The highest BCUT2D eigenvalue weighted by Crippen LogP contribution is 2.20. The molecule has 0 radical (unpaired) electrons. The molecule has 78 valence electrons. The third-order valence-corrected chi connectivity index (χ3v) is 2.83. The Bertz CT molecular complexity index is 299. The van der Waals surface area contributed by atoms with E-state index >= 15 is 0 Å². The number of hydrogen-bond donors (Lipinski definition) is 1. The van der Waals surface area contributed by atoms with Gasteiger partial charge in [-0.3, -0.25) is 4.68 Å². The van der Waals surface area contributed by atoms with Crippen molar-refractivity contribution in [3.63, 3.8) is 0 Å². The fourth-order valence-corrected chi connectivity index (χ4v) is 1.82. The summed E-state index contributed by atoms with van der Waals surface area (Å²) in [5.41, 5.74) is 2.77. The lowest BCUT2D eigenvalue weighted by Crippen LogP contribution is -2.16. The molecule has 0 bridgehead atoms. The molecule has 0 unspecified atom stereocenters. The van der Waals surface area contributed by atoms with E-state index in [1.165, 1.54) is 24.1 Å². The Kier molecular flexibility index (Phi) is 2.87. The van der Waals surface area contributed by atoms with Gasteiger partial charge in [-0.05, 0) is 26.2 Å². The van der Waals surface area contributed by atoms with Gasteiger partial charge in [0.15, 0.2) is 0 Å². The lowest BCUT2D eigenvalue weighted by molar-refractivity contribution is 0.618. The van der Waals surface area contributed by atoms with Crippen LogP contribution >= 0.6 is 0 Å². The molecule has 0 aliphatic heterocycles. The maximum atomic E-state index is 4.38. The second kappa shape index (κ2) is 4.13. The van der Waals surface area contributed by atoms with E-state index in [2.05, 4.69) is 28.9 Å². The first-order valence-corrected chi connectivity index (χ1v) is 5.62. The zero-order valence-corrected chi connectivity index (χ0v) is 9.08.